The van der Waals surface area contributed by atoms with E-state index in [1.54, 1.807) is 13.2 Å². The zero-order chi connectivity index (χ0) is 18.2. The molecule has 3 nitrogen and oxygen atoms in total. The summed E-state index contributed by atoms with van der Waals surface area (Å²) in [5.74, 6) is 1.50. The maximum atomic E-state index is 10.9. The number of hydrogen-bond donors (Lipinski definition) is 1. The van der Waals surface area contributed by atoms with E-state index in [-0.39, 0.29) is 17.3 Å². The second-order valence-corrected chi connectivity index (χ2v) is 7.53. The highest BCUT2D eigenvalue weighted by molar-refractivity contribution is 5.72. The van der Waals surface area contributed by atoms with Gasteiger partial charge in [-0.1, -0.05) is 29.9 Å². The molecule has 0 saturated heterocycles. The van der Waals surface area contributed by atoms with Crippen LogP contribution in [0.4, 0.5) is 0 Å². The van der Waals surface area contributed by atoms with Crippen molar-refractivity contribution in [2.75, 3.05) is 7.11 Å². The highest BCUT2D eigenvalue weighted by atomic mass is 16.5. The Hall–Kier alpha value is -2.16. The molecule has 1 aromatic carbocycles. The second-order valence-electron chi connectivity index (χ2n) is 7.53. The number of hydrogen-bond acceptors (Lipinski definition) is 3. The van der Waals surface area contributed by atoms with E-state index in [0.717, 1.165) is 48.1 Å². The third-order valence-corrected chi connectivity index (χ3v) is 5.38. The van der Waals surface area contributed by atoms with Crippen LogP contribution in [0, 0.1) is 0 Å². The van der Waals surface area contributed by atoms with Gasteiger partial charge in [0.05, 0.1) is 7.11 Å². The molecule has 2 heterocycles. The van der Waals surface area contributed by atoms with Crippen molar-refractivity contribution < 1.29 is 14.6 Å². The van der Waals surface area contributed by atoms with Gasteiger partial charge in [0.25, 0.3) is 0 Å². The third-order valence-electron chi connectivity index (χ3n) is 5.38. The smallest absolute Gasteiger partial charge is 0.164 e. The molecule has 134 valence electrons. The van der Waals surface area contributed by atoms with Crippen molar-refractivity contribution in [1.29, 1.82) is 0 Å². The van der Waals surface area contributed by atoms with Gasteiger partial charge in [-0.05, 0) is 52.5 Å². The third kappa shape index (κ3) is 3.33. The lowest BCUT2D eigenvalue weighted by Crippen LogP contribution is -2.32. The van der Waals surface area contributed by atoms with E-state index in [9.17, 15) is 5.11 Å². The molecule has 0 amide bonds. The Kier molecular flexibility index (Phi) is 4.68. The first-order chi connectivity index (χ1) is 11.8. The Morgan fingerprint density at radius 2 is 2.20 bits per heavy atom. The summed E-state index contributed by atoms with van der Waals surface area (Å²) in [4.78, 5) is 0. The Morgan fingerprint density at radius 1 is 1.44 bits per heavy atom. The number of benzene rings is 1. The van der Waals surface area contributed by atoms with Crippen LogP contribution in [0.3, 0.4) is 0 Å². The zero-order valence-corrected chi connectivity index (χ0v) is 15.7. The summed E-state index contributed by atoms with van der Waals surface area (Å²) in [6, 6.07) is 1.80. The number of rotatable bonds is 2. The van der Waals surface area contributed by atoms with Crippen molar-refractivity contribution in [3.63, 3.8) is 0 Å². The highest BCUT2D eigenvalue weighted by Gasteiger charge is 2.32. The van der Waals surface area contributed by atoms with Gasteiger partial charge < -0.3 is 14.6 Å². The van der Waals surface area contributed by atoms with Gasteiger partial charge in [0.15, 0.2) is 11.5 Å². The van der Waals surface area contributed by atoms with Gasteiger partial charge >= 0.3 is 0 Å². The normalized spacial score (nSPS) is 25.4. The maximum Gasteiger partial charge on any atom is 0.164 e. The standard InChI is InChI=1S/C22H28O3/c1-14(2)16-9-8-15(3)7-6-11-22(4)12-10-17-18(25-22)13-19(24-5)21(23)20(16)17/h7,10,12-13,16,23H,1,6,8-9,11H2,2-5H3. The summed E-state index contributed by atoms with van der Waals surface area (Å²) in [7, 11) is 1.58. The highest BCUT2D eigenvalue weighted by Crippen LogP contribution is 2.49. The Morgan fingerprint density at radius 3 is 2.88 bits per heavy atom. The molecule has 0 spiro atoms. The maximum absolute atomic E-state index is 10.9. The molecule has 3 aliphatic rings. The van der Waals surface area contributed by atoms with Crippen LogP contribution in [0.25, 0.3) is 6.08 Å². The van der Waals surface area contributed by atoms with E-state index in [0.29, 0.717) is 5.75 Å². The first-order valence-electron chi connectivity index (χ1n) is 8.98. The summed E-state index contributed by atoms with van der Waals surface area (Å²) < 4.78 is 11.8. The number of aromatic hydroxyl groups is 1. The Labute approximate surface area is 150 Å². The number of fused-ring (bicyclic) bond motifs is 5. The van der Waals surface area contributed by atoms with Crippen LogP contribution < -0.4 is 9.47 Å². The predicted molar refractivity (Wildman–Crippen MR) is 103 cm³/mol. The lowest BCUT2D eigenvalue weighted by Gasteiger charge is -2.34. The molecular weight excluding hydrogens is 312 g/mol. The molecule has 25 heavy (non-hydrogen) atoms. The number of methoxy groups -OCH3 is 1. The van der Waals surface area contributed by atoms with E-state index < -0.39 is 0 Å². The lowest BCUT2D eigenvalue weighted by atomic mass is 9.81. The molecule has 2 atom stereocenters. The molecule has 1 aromatic rings. The van der Waals surface area contributed by atoms with Crippen LogP contribution in [0.2, 0.25) is 0 Å². The minimum absolute atomic E-state index is 0.0595. The van der Waals surface area contributed by atoms with Crippen molar-refractivity contribution in [3.8, 4) is 17.2 Å². The van der Waals surface area contributed by atoms with Crippen LogP contribution in [0.15, 0.2) is 35.9 Å². The number of allylic oxidation sites excluding steroid dienone is 3. The average Bonchev–Trinajstić information content (AvgIpc) is 2.55. The lowest BCUT2D eigenvalue weighted by molar-refractivity contribution is 0.127. The first-order valence-corrected chi connectivity index (χ1v) is 8.98. The molecule has 2 aliphatic heterocycles. The summed E-state index contributed by atoms with van der Waals surface area (Å²) in [6.07, 6.45) is 10.3. The fourth-order valence-corrected chi connectivity index (χ4v) is 3.82. The van der Waals surface area contributed by atoms with Gasteiger partial charge in [0, 0.05) is 23.1 Å². The number of phenolic OH excluding ortho intramolecular Hbond substituents is 1. The van der Waals surface area contributed by atoms with Crippen molar-refractivity contribution in [1.82, 2.24) is 0 Å². The topological polar surface area (TPSA) is 38.7 Å². The van der Waals surface area contributed by atoms with E-state index in [4.69, 9.17) is 9.47 Å². The number of phenols is 1. The minimum atomic E-state index is -0.346. The van der Waals surface area contributed by atoms with Gasteiger partial charge in [0.1, 0.15) is 11.4 Å². The molecule has 0 aromatic heterocycles. The van der Waals surface area contributed by atoms with Crippen LogP contribution >= 0.6 is 0 Å². The monoisotopic (exact) mass is 340 g/mol. The van der Waals surface area contributed by atoms with Gasteiger partial charge in [-0.2, -0.15) is 0 Å². The van der Waals surface area contributed by atoms with E-state index in [1.807, 2.05) is 6.92 Å². The largest absolute Gasteiger partial charge is 0.504 e. The fourth-order valence-electron chi connectivity index (χ4n) is 3.82. The van der Waals surface area contributed by atoms with E-state index >= 15 is 0 Å². The van der Waals surface area contributed by atoms with Gasteiger partial charge in [-0.25, -0.2) is 0 Å². The quantitative estimate of drug-likeness (QED) is 0.697. The van der Waals surface area contributed by atoms with Crippen molar-refractivity contribution in [2.45, 2.75) is 58.0 Å². The molecule has 0 radical (unpaired) electrons. The van der Waals surface area contributed by atoms with Crippen molar-refractivity contribution >= 4 is 6.08 Å². The van der Waals surface area contributed by atoms with Crippen LogP contribution in [0.5, 0.6) is 17.2 Å². The molecule has 0 saturated carbocycles. The number of ether oxygens (including phenoxy) is 2. The predicted octanol–water partition coefficient (Wildman–Crippen LogP) is 5.75. The molecule has 0 fully saturated rings. The van der Waals surface area contributed by atoms with Gasteiger partial charge in [0.2, 0.25) is 0 Å². The molecule has 1 N–H and O–H groups in total. The molecule has 4 rings (SSSR count). The summed E-state index contributed by atoms with van der Waals surface area (Å²) >= 11 is 0. The van der Waals surface area contributed by atoms with Crippen LogP contribution in [-0.2, 0) is 0 Å². The minimum Gasteiger partial charge on any atom is -0.504 e. The van der Waals surface area contributed by atoms with Crippen LogP contribution in [0.1, 0.15) is 63.5 Å². The van der Waals surface area contributed by atoms with E-state index in [2.05, 4.69) is 38.7 Å². The van der Waals surface area contributed by atoms with E-state index in [1.165, 1.54) is 5.57 Å². The second kappa shape index (κ2) is 6.62. The molecule has 1 aliphatic carbocycles. The Balaban J connectivity index is 2.24. The average molecular weight is 340 g/mol. The summed E-state index contributed by atoms with van der Waals surface area (Å²) in [5.41, 5.74) is 3.89. The van der Waals surface area contributed by atoms with Crippen molar-refractivity contribution in [2.24, 2.45) is 0 Å². The molecule has 3 heteroatoms. The summed E-state index contributed by atoms with van der Waals surface area (Å²) in [6.45, 7) is 10.5. The van der Waals surface area contributed by atoms with Gasteiger partial charge in [-0.3, -0.25) is 0 Å². The zero-order valence-electron chi connectivity index (χ0n) is 15.7. The summed E-state index contributed by atoms with van der Waals surface area (Å²) in [5, 5.41) is 10.9. The fraction of sp³-hybridized carbons (Fsp3) is 0.455. The Bertz CT molecular complexity index is 757. The first kappa shape index (κ1) is 17.7. The van der Waals surface area contributed by atoms with Crippen LogP contribution in [-0.4, -0.2) is 17.8 Å². The van der Waals surface area contributed by atoms with Gasteiger partial charge in [-0.15, -0.1) is 0 Å². The molecule has 4 bridgehead atoms. The molecular formula is C22H28O3. The molecule has 2 unspecified atom stereocenters. The van der Waals surface area contributed by atoms with Crippen molar-refractivity contribution in [3.05, 3.63) is 47.1 Å². The SMILES string of the molecule is C=C(C)C1CCC(C)=CCCC2(C)C=Cc3c(cc(OC)c(O)c31)O2.